The van der Waals surface area contributed by atoms with Gasteiger partial charge in [-0.25, -0.2) is 4.98 Å². The highest BCUT2D eigenvalue weighted by Gasteiger charge is 2.36. The first kappa shape index (κ1) is 21.0. The van der Waals surface area contributed by atoms with Crippen molar-refractivity contribution >= 4 is 28.8 Å². The molecule has 0 aliphatic heterocycles. The van der Waals surface area contributed by atoms with Gasteiger partial charge in [-0.05, 0) is 36.2 Å². The largest absolute Gasteiger partial charge is 0.421 e. The van der Waals surface area contributed by atoms with E-state index in [9.17, 15) is 23.3 Å². The molecule has 0 spiro atoms. The highest BCUT2D eigenvalue weighted by Crippen LogP contribution is 2.37. The van der Waals surface area contributed by atoms with Gasteiger partial charge in [0, 0.05) is 36.8 Å². The maximum Gasteiger partial charge on any atom is 0.421 e. The van der Waals surface area contributed by atoms with Crippen molar-refractivity contribution in [1.82, 2.24) is 9.97 Å². The van der Waals surface area contributed by atoms with Crippen LogP contribution < -0.4 is 10.2 Å². The van der Waals surface area contributed by atoms with Crippen LogP contribution in [0.3, 0.4) is 0 Å². The van der Waals surface area contributed by atoms with E-state index >= 15 is 0 Å². The fourth-order valence-corrected chi connectivity index (χ4v) is 2.76. The zero-order chi connectivity index (χ0) is 21.9. The Morgan fingerprint density at radius 2 is 1.73 bits per heavy atom. The van der Waals surface area contributed by atoms with Crippen LogP contribution in [0.2, 0.25) is 0 Å². The van der Waals surface area contributed by atoms with Gasteiger partial charge in [0.05, 0.1) is 4.92 Å². The lowest BCUT2D eigenvalue weighted by atomic mass is 10.1. The molecule has 3 aromatic rings. The maximum absolute atomic E-state index is 13.5. The highest BCUT2D eigenvalue weighted by molar-refractivity contribution is 5.65. The summed E-state index contributed by atoms with van der Waals surface area (Å²) >= 11 is 0. The van der Waals surface area contributed by atoms with E-state index in [1.807, 2.05) is 19.1 Å². The summed E-state index contributed by atoms with van der Waals surface area (Å²) in [7, 11) is 1.49. The van der Waals surface area contributed by atoms with Gasteiger partial charge in [0.2, 0.25) is 5.95 Å². The Kier molecular flexibility index (Phi) is 5.86. The Hall–Kier alpha value is -3.69. The van der Waals surface area contributed by atoms with Crippen LogP contribution in [0, 0.1) is 10.1 Å². The monoisotopic (exact) mass is 417 g/mol. The molecule has 0 amide bonds. The van der Waals surface area contributed by atoms with Crippen LogP contribution in [0.25, 0.3) is 0 Å². The number of aryl methyl sites for hydroxylation is 1. The summed E-state index contributed by atoms with van der Waals surface area (Å²) in [6.07, 6.45) is -3.11. The molecule has 0 saturated carbocycles. The number of halogens is 3. The molecule has 2 aromatic carbocycles. The summed E-state index contributed by atoms with van der Waals surface area (Å²) in [6.45, 7) is 1.99. The van der Waals surface area contributed by atoms with Gasteiger partial charge in [0.15, 0.2) is 5.82 Å². The van der Waals surface area contributed by atoms with Crippen molar-refractivity contribution in [1.29, 1.82) is 0 Å². The van der Waals surface area contributed by atoms with E-state index in [1.165, 1.54) is 36.2 Å². The third-order valence-electron chi connectivity index (χ3n) is 4.46. The van der Waals surface area contributed by atoms with Crippen molar-refractivity contribution in [2.45, 2.75) is 19.5 Å². The summed E-state index contributed by atoms with van der Waals surface area (Å²) < 4.78 is 40.6. The van der Waals surface area contributed by atoms with Crippen LogP contribution in [0.15, 0.2) is 54.7 Å². The molecule has 0 atom stereocenters. The number of aromatic nitrogens is 2. The van der Waals surface area contributed by atoms with Crippen molar-refractivity contribution in [2.24, 2.45) is 0 Å². The number of hydrogen-bond donors (Lipinski definition) is 1. The molecule has 0 aliphatic carbocycles. The number of rotatable bonds is 6. The first-order valence-electron chi connectivity index (χ1n) is 8.97. The maximum atomic E-state index is 13.5. The molecule has 0 saturated heterocycles. The standard InChI is InChI=1S/C20H18F3N5O2/c1-3-13-4-8-15(9-5-13)27(2)18-17(20(21,22)23)12-24-19(26-18)25-14-6-10-16(11-7-14)28(29)30/h4-12H,3H2,1-2H3,(H,24,25,26). The molecular weight excluding hydrogens is 399 g/mol. The van der Waals surface area contributed by atoms with Crippen LogP contribution in [-0.2, 0) is 12.6 Å². The first-order valence-corrected chi connectivity index (χ1v) is 8.97. The number of nitrogens with zero attached hydrogens (tertiary/aromatic N) is 4. The lowest BCUT2D eigenvalue weighted by molar-refractivity contribution is -0.384. The van der Waals surface area contributed by atoms with E-state index < -0.39 is 16.7 Å². The normalized spacial score (nSPS) is 11.2. The minimum absolute atomic E-state index is 0.0659. The molecule has 10 heteroatoms. The molecule has 0 bridgehead atoms. The Morgan fingerprint density at radius 3 is 2.27 bits per heavy atom. The van der Waals surface area contributed by atoms with Gasteiger partial charge in [0.25, 0.3) is 5.69 Å². The van der Waals surface area contributed by atoms with Gasteiger partial charge in [-0.1, -0.05) is 19.1 Å². The van der Waals surface area contributed by atoms with E-state index in [4.69, 9.17) is 0 Å². The van der Waals surface area contributed by atoms with Gasteiger partial charge in [-0.3, -0.25) is 10.1 Å². The Morgan fingerprint density at radius 1 is 1.10 bits per heavy atom. The lowest BCUT2D eigenvalue weighted by Gasteiger charge is -2.23. The zero-order valence-corrected chi connectivity index (χ0v) is 16.1. The minimum Gasteiger partial charge on any atom is -0.329 e. The summed E-state index contributed by atoms with van der Waals surface area (Å²) in [5, 5.41) is 13.5. The molecule has 1 heterocycles. The molecule has 0 aliphatic rings. The molecule has 0 fully saturated rings. The molecule has 156 valence electrons. The Bertz CT molecular complexity index is 1040. The van der Waals surface area contributed by atoms with Gasteiger partial charge < -0.3 is 10.2 Å². The van der Waals surface area contributed by atoms with E-state index in [0.29, 0.717) is 17.6 Å². The molecule has 30 heavy (non-hydrogen) atoms. The Balaban J connectivity index is 1.96. The number of anilines is 4. The molecule has 1 aromatic heterocycles. The topological polar surface area (TPSA) is 84.2 Å². The second-order valence-electron chi connectivity index (χ2n) is 6.44. The van der Waals surface area contributed by atoms with Crippen molar-refractivity contribution in [2.75, 3.05) is 17.3 Å². The predicted molar refractivity (Wildman–Crippen MR) is 107 cm³/mol. The van der Waals surface area contributed by atoms with Gasteiger partial charge >= 0.3 is 6.18 Å². The smallest absolute Gasteiger partial charge is 0.329 e. The molecule has 1 N–H and O–H groups in total. The summed E-state index contributed by atoms with van der Waals surface area (Å²) in [6, 6.07) is 12.5. The molecule has 7 nitrogen and oxygen atoms in total. The lowest BCUT2D eigenvalue weighted by Crippen LogP contribution is -2.19. The first-order chi connectivity index (χ1) is 14.2. The molecule has 0 radical (unpaired) electrons. The van der Waals surface area contributed by atoms with Gasteiger partial charge in [-0.15, -0.1) is 0 Å². The number of benzene rings is 2. The zero-order valence-electron chi connectivity index (χ0n) is 16.1. The second kappa shape index (κ2) is 8.36. The quantitative estimate of drug-likeness (QED) is 0.422. The molecular formula is C20H18F3N5O2. The van der Waals surface area contributed by atoms with Crippen LogP contribution >= 0.6 is 0 Å². The third kappa shape index (κ3) is 4.65. The fraction of sp³-hybridized carbons (Fsp3) is 0.200. The van der Waals surface area contributed by atoms with Crippen LogP contribution in [0.1, 0.15) is 18.1 Å². The number of nitro groups is 1. The predicted octanol–water partition coefficient (Wildman–Crippen LogP) is 5.48. The van der Waals surface area contributed by atoms with E-state index in [2.05, 4.69) is 15.3 Å². The van der Waals surface area contributed by atoms with E-state index in [1.54, 1.807) is 12.1 Å². The van der Waals surface area contributed by atoms with Crippen molar-refractivity contribution in [3.63, 3.8) is 0 Å². The number of nitro benzene ring substituents is 1. The average Bonchev–Trinajstić information content (AvgIpc) is 2.73. The summed E-state index contributed by atoms with van der Waals surface area (Å²) in [4.78, 5) is 19.4. The SMILES string of the molecule is CCc1ccc(N(C)c2nc(Nc3ccc([N+](=O)[O-])cc3)ncc2C(F)(F)F)cc1. The van der Waals surface area contributed by atoms with Crippen molar-refractivity contribution in [3.8, 4) is 0 Å². The van der Waals surface area contributed by atoms with Crippen LogP contribution in [0.4, 0.5) is 42.0 Å². The fourth-order valence-electron chi connectivity index (χ4n) is 2.76. The Labute approximate surface area is 170 Å². The number of non-ortho nitro benzene ring substituents is 1. The van der Waals surface area contributed by atoms with Crippen LogP contribution in [0.5, 0.6) is 0 Å². The van der Waals surface area contributed by atoms with Crippen molar-refractivity contribution in [3.05, 3.63) is 76.0 Å². The number of alkyl halides is 3. The third-order valence-corrected chi connectivity index (χ3v) is 4.46. The number of hydrogen-bond acceptors (Lipinski definition) is 6. The van der Waals surface area contributed by atoms with Crippen LogP contribution in [-0.4, -0.2) is 21.9 Å². The summed E-state index contributed by atoms with van der Waals surface area (Å²) in [5.41, 5.74) is 0.925. The molecule has 0 unspecified atom stereocenters. The second-order valence-corrected chi connectivity index (χ2v) is 6.44. The number of nitrogens with one attached hydrogen (secondary N) is 1. The van der Waals surface area contributed by atoms with Crippen molar-refractivity contribution < 1.29 is 18.1 Å². The van der Waals surface area contributed by atoms with Gasteiger partial charge in [0.1, 0.15) is 5.56 Å². The van der Waals surface area contributed by atoms with Gasteiger partial charge in [-0.2, -0.15) is 18.2 Å². The summed E-state index contributed by atoms with van der Waals surface area (Å²) in [5.74, 6) is -0.380. The van der Waals surface area contributed by atoms with E-state index in [0.717, 1.165) is 12.0 Å². The van der Waals surface area contributed by atoms with E-state index in [-0.39, 0.29) is 17.5 Å². The minimum atomic E-state index is -4.64. The highest BCUT2D eigenvalue weighted by atomic mass is 19.4. The average molecular weight is 417 g/mol. The molecule has 3 rings (SSSR count).